The summed E-state index contributed by atoms with van der Waals surface area (Å²) in [6.45, 7) is 13.0. The van der Waals surface area contributed by atoms with E-state index in [2.05, 4.69) is 57.9 Å². The van der Waals surface area contributed by atoms with Gasteiger partial charge >= 0.3 is 0 Å². The Morgan fingerprint density at radius 2 is 1.75 bits per heavy atom. The molecule has 0 amide bonds. The second-order valence-electron chi connectivity index (χ2n) is 6.69. The Balaban J connectivity index is 2.11. The van der Waals surface area contributed by atoms with E-state index in [4.69, 9.17) is 4.74 Å². The zero-order valence-electron chi connectivity index (χ0n) is 11.1. The number of nitrogens with zero attached hydrogens (tertiary/aromatic N) is 1. The van der Waals surface area contributed by atoms with Crippen molar-refractivity contribution in [3.63, 3.8) is 0 Å². The lowest BCUT2D eigenvalue weighted by atomic mass is 9.92. The van der Waals surface area contributed by atoms with Gasteiger partial charge in [0.15, 0.2) is 18.2 Å². The molecule has 2 atom stereocenters. The highest BCUT2D eigenvalue weighted by atomic mass is 16.5. The predicted octanol–water partition coefficient (Wildman–Crippen LogP) is 2.69. The van der Waals surface area contributed by atoms with E-state index in [1.807, 2.05) is 0 Å². The Morgan fingerprint density at radius 1 is 1.12 bits per heavy atom. The quantitative estimate of drug-likeness (QED) is 0.683. The van der Waals surface area contributed by atoms with E-state index in [-0.39, 0.29) is 23.1 Å². The first kappa shape index (κ1) is 11.5. The van der Waals surface area contributed by atoms with Crippen molar-refractivity contribution in [1.29, 1.82) is 0 Å². The van der Waals surface area contributed by atoms with Gasteiger partial charge in [-0.2, -0.15) is 0 Å². The first-order valence-corrected chi connectivity index (χ1v) is 5.92. The third-order valence-corrected chi connectivity index (χ3v) is 2.90. The summed E-state index contributed by atoms with van der Waals surface area (Å²) in [5.41, 5.74) is 1.38. The summed E-state index contributed by atoms with van der Waals surface area (Å²) in [5, 5.41) is 3.44. The Bertz CT molecular complexity index is 319. The molecule has 3 heteroatoms. The standard InChI is InChI=1S/C13H22N2O/c1-12(2,3)9-7-8-10(14-9)15-11(16-8)13(4,5)6/h7-8,10,14H,1-6H3. The highest BCUT2D eigenvalue weighted by molar-refractivity contribution is 5.83. The van der Waals surface area contributed by atoms with Gasteiger partial charge in [-0.3, -0.25) is 0 Å². The van der Waals surface area contributed by atoms with Crippen molar-refractivity contribution in [2.24, 2.45) is 15.8 Å². The van der Waals surface area contributed by atoms with Crippen molar-refractivity contribution in [2.75, 3.05) is 0 Å². The van der Waals surface area contributed by atoms with Crippen LogP contribution in [0.15, 0.2) is 16.8 Å². The molecular weight excluding hydrogens is 200 g/mol. The van der Waals surface area contributed by atoms with Gasteiger partial charge in [-0.25, -0.2) is 4.99 Å². The van der Waals surface area contributed by atoms with Crippen LogP contribution in [0.1, 0.15) is 41.5 Å². The molecular formula is C13H22N2O. The monoisotopic (exact) mass is 222 g/mol. The summed E-state index contributed by atoms with van der Waals surface area (Å²) in [5.74, 6) is 0.860. The number of rotatable bonds is 0. The van der Waals surface area contributed by atoms with Crippen molar-refractivity contribution in [3.8, 4) is 0 Å². The SMILES string of the molecule is CC(C)(C)C1=CC2OC(C(C)(C)C)=NC2N1. The maximum Gasteiger partial charge on any atom is 0.191 e. The highest BCUT2D eigenvalue weighted by Gasteiger charge is 2.40. The molecule has 0 aromatic rings. The van der Waals surface area contributed by atoms with Crippen molar-refractivity contribution in [3.05, 3.63) is 11.8 Å². The Kier molecular flexibility index (Phi) is 2.34. The number of ether oxygens (including phenoxy) is 1. The van der Waals surface area contributed by atoms with Crippen LogP contribution in [-0.4, -0.2) is 18.2 Å². The zero-order valence-corrected chi connectivity index (χ0v) is 11.1. The molecule has 0 saturated heterocycles. The number of nitrogens with one attached hydrogen (secondary N) is 1. The van der Waals surface area contributed by atoms with E-state index in [1.165, 1.54) is 5.70 Å². The van der Waals surface area contributed by atoms with Crippen LogP contribution in [0.3, 0.4) is 0 Å². The number of fused-ring (bicyclic) bond motifs is 1. The van der Waals surface area contributed by atoms with E-state index < -0.39 is 0 Å². The first-order chi connectivity index (χ1) is 7.18. The third-order valence-electron chi connectivity index (χ3n) is 2.90. The van der Waals surface area contributed by atoms with Crippen LogP contribution < -0.4 is 5.32 Å². The normalized spacial score (nSPS) is 29.1. The van der Waals surface area contributed by atoms with E-state index >= 15 is 0 Å². The molecule has 2 rings (SSSR count). The molecule has 2 heterocycles. The molecule has 0 radical (unpaired) electrons. The fraction of sp³-hybridized carbons (Fsp3) is 0.769. The minimum absolute atomic E-state index is 0.00174. The van der Waals surface area contributed by atoms with Crippen molar-refractivity contribution in [2.45, 2.75) is 53.8 Å². The van der Waals surface area contributed by atoms with Gasteiger partial charge in [0, 0.05) is 16.5 Å². The summed E-state index contributed by atoms with van der Waals surface area (Å²) in [6.07, 6.45) is 2.35. The van der Waals surface area contributed by atoms with Gasteiger partial charge in [-0.05, 0) is 6.08 Å². The predicted molar refractivity (Wildman–Crippen MR) is 66.2 cm³/mol. The molecule has 0 fully saturated rings. The Morgan fingerprint density at radius 3 is 2.19 bits per heavy atom. The van der Waals surface area contributed by atoms with Crippen molar-refractivity contribution < 1.29 is 4.74 Å². The van der Waals surface area contributed by atoms with Crippen LogP contribution >= 0.6 is 0 Å². The molecule has 2 unspecified atom stereocenters. The Hall–Kier alpha value is -0.990. The van der Waals surface area contributed by atoms with E-state index in [0.717, 1.165) is 5.90 Å². The van der Waals surface area contributed by atoms with Gasteiger partial charge in [-0.15, -0.1) is 0 Å². The summed E-state index contributed by atoms with van der Waals surface area (Å²) < 4.78 is 5.89. The molecule has 0 aromatic heterocycles. The topological polar surface area (TPSA) is 33.6 Å². The summed E-state index contributed by atoms with van der Waals surface area (Å²) >= 11 is 0. The molecule has 3 nitrogen and oxygen atoms in total. The zero-order chi connectivity index (χ0) is 12.1. The number of aliphatic imine (C=N–C) groups is 1. The van der Waals surface area contributed by atoms with Crippen LogP contribution in [0, 0.1) is 10.8 Å². The average molecular weight is 222 g/mol. The largest absolute Gasteiger partial charge is 0.469 e. The van der Waals surface area contributed by atoms with Crippen LogP contribution in [0.4, 0.5) is 0 Å². The second kappa shape index (κ2) is 3.25. The molecule has 2 aliphatic rings. The van der Waals surface area contributed by atoms with Crippen LogP contribution in [-0.2, 0) is 4.74 Å². The van der Waals surface area contributed by atoms with Crippen molar-refractivity contribution in [1.82, 2.24) is 5.32 Å². The molecule has 0 aromatic carbocycles. The third kappa shape index (κ3) is 1.95. The van der Waals surface area contributed by atoms with Crippen LogP contribution in [0.25, 0.3) is 0 Å². The molecule has 0 saturated carbocycles. The first-order valence-electron chi connectivity index (χ1n) is 5.92. The molecule has 90 valence electrons. The van der Waals surface area contributed by atoms with Gasteiger partial charge in [-0.1, -0.05) is 41.5 Å². The van der Waals surface area contributed by atoms with E-state index in [1.54, 1.807) is 0 Å². The lowest BCUT2D eigenvalue weighted by Crippen LogP contribution is -2.30. The van der Waals surface area contributed by atoms with Crippen molar-refractivity contribution >= 4 is 5.90 Å². The summed E-state index contributed by atoms with van der Waals surface area (Å²) in [7, 11) is 0. The molecule has 0 spiro atoms. The van der Waals surface area contributed by atoms with E-state index in [9.17, 15) is 0 Å². The number of allylic oxidation sites excluding steroid dienone is 1. The summed E-state index contributed by atoms with van der Waals surface area (Å²) in [4.78, 5) is 4.62. The minimum Gasteiger partial charge on any atom is -0.469 e. The van der Waals surface area contributed by atoms with Gasteiger partial charge in [0.1, 0.15) is 0 Å². The molecule has 1 N–H and O–H groups in total. The lowest BCUT2D eigenvalue weighted by molar-refractivity contribution is 0.220. The second-order valence-corrected chi connectivity index (χ2v) is 6.69. The fourth-order valence-corrected chi connectivity index (χ4v) is 1.87. The van der Waals surface area contributed by atoms with Gasteiger partial charge in [0.2, 0.25) is 0 Å². The van der Waals surface area contributed by atoms with E-state index in [0.29, 0.717) is 0 Å². The highest BCUT2D eigenvalue weighted by Crippen LogP contribution is 2.34. The van der Waals surface area contributed by atoms with Crippen LogP contribution in [0.5, 0.6) is 0 Å². The van der Waals surface area contributed by atoms with Gasteiger partial charge in [0.05, 0.1) is 0 Å². The molecule has 2 aliphatic heterocycles. The van der Waals surface area contributed by atoms with Crippen LogP contribution in [0.2, 0.25) is 0 Å². The number of hydrogen-bond acceptors (Lipinski definition) is 3. The lowest BCUT2D eigenvalue weighted by Gasteiger charge is -2.22. The number of hydrogen-bond donors (Lipinski definition) is 1. The smallest absolute Gasteiger partial charge is 0.191 e. The van der Waals surface area contributed by atoms with Gasteiger partial charge in [0.25, 0.3) is 0 Å². The molecule has 16 heavy (non-hydrogen) atoms. The minimum atomic E-state index is 0.00174. The average Bonchev–Trinajstić information content (AvgIpc) is 2.53. The molecule has 0 bridgehead atoms. The fourth-order valence-electron chi connectivity index (χ4n) is 1.87. The summed E-state index contributed by atoms with van der Waals surface area (Å²) in [6, 6.07) is 0. The maximum absolute atomic E-state index is 5.89. The Labute approximate surface area is 98.0 Å². The van der Waals surface area contributed by atoms with Gasteiger partial charge < -0.3 is 10.1 Å². The molecule has 0 aliphatic carbocycles. The maximum atomic E-state index is 5.89.